The number of carbonyl (C=O) groups is 1. The summed E-state index contributed by atoms with van der Waals surface area (Å²) in [6.45, 7) is 2.51. The van der Waals surface area contributed by atoms with Crippen LogP contribution in [0.1, 0.15) is 36.0 Å². The van der Waals surface area contributed by atoms with Gasteiger partial charge in [0.05, 0.1) is 20.1 Å². The number of rotatable bonds is 7. The van der Waals surface area contributed by atoms with Crippen LogP contribution in [0.2, 0.25) is 0 Å². The van der Waals surface area contributed by atoms with Crippen molar-refractivity contribution in [3.63, 3.8) is 0 Å². The third-order valence-electron chi connectivity index (χ3n) is 7.69. The second-order valence-corrected chi connectivity index (χ2v) is 9.71. The Kier molecular flexibility index (Phi) is 5.81. The van der Waals surface area contributed by atoms with Crippen LogP contribution in [0.25, 0.3) is 11.1 Å². The minimum absolute atomic E-state index is 0.264. The number of aliphatic hydroxyl groups is 1. The monoisotopic (exact) mass is 442 g/mol. The van der Waals surface area contributed by atoms with E-state index in [0.717, 1.165) is 54.4 Å². The Labute approximate surface area is 196 Å². The quantitative estimate of drug-likeness (QED) is 0.427. The normalized spacial score (nSPS) is 22.5. The van der Waals surface area contributed by atoms with Crippen LogP contribution >= 0.6 is 0 Å². The van der Waals surface area contributed by atoms with Crippen LogP contribution in [-0.4, -0.2) is 48.3 Å². The van der Waals surface area contributed by atoms with Crippen molar-refractivity contribution in [2.24, 2.45) is 0 Å². The smallest absolute Gasteiger partial charge is 0.347 e. The van der Waals surface area contributed by atoms with Crippen molar-refractivity contribution in [2.45, 2.75) is 37.3 Å². The number of hydrogen-bond acceptors (Lipinski definition) is 3. The van der Waals surface area contributed by atoms with E-state index >= 15 is 0 Å². The number of esters is 1. The number of likely N-dealkylation sites (tertiary alicyclic amines) is 1. The van der Waals surface area contributed by atoms with Crippen molar-refractivity contribution in [3.05, 3.63) is 95.6 Å². The fraction of sp³-hybridized carbons (Fsp3) is 0.345. The molecule has 0 saturated carbocycles. The number of benzene rings is 3. The molecule has 4 heteroatoms. The van der Waals surface area contributed by atoms with Crippen LogP contribution in [-0.2, 0) is 21.6 Å². The van der Waals surface area contributed by atoms with Crippen LogP contribution in [0.4, 0.5) is 0 Å². The number of aryl methyl sites for hydroxylation is 1. The van der Waals surface area contributed by atoms with Gasteiger partial charge in [-0.05, 0) is 23.1 Å². The predicted molar refractivity (Wildman–Crippen MR) is 130 cm³/mol. The molecular weight excluding hydrogens is 410 g/mol. The number of hydrogen-bond donors (Lipinski definition) is 1. The third kappa shape index (κ3) is 3.88. The first-order chi connectivity index (χ1) is 16.0. The van der Waals surface area contributed by atoms with Crippen LogP contribution < -0.4 is 0 Å². The van der Waals surface area contributed by atoms with Crippen molar-refractivity contribution in [1.82, 2.24) is 0 Å². The van der Waals surface area contributed by atoms with Crippen molar-refractivity contribution in [1.29, 1.82) is 0 Å². The largest absolute Gasteiger partial charge is 0.457 e. The molecule has 2 aliphatic rings. The number of fused-ring (bicyclic) bond motifs is 3. The van der Waals surface area contributed by atoms with E-state index in [-0.39, 0.29) is 6.04 Å². The fourth-order valence-electron chi connectivity index (χ4n) is 5.74. The van der Waals surface area contributed by atoms with Crippen LogP contribution in [0.15, 0.2) is 78.9 Å². The summed E-state index contributed by atoms with van der Waals surface area (Å²) in [7, 11) is 2.28. The SMILES string of the molecule is C[N@@+]1(CCCc2ccccc2)CCCC1COC(=O)C1(O)c2ccccc2-c2ccccc21. The number of ether oxygens (including phenoxy) is 1. The van der Waals surface area contributed by atoms with Crippen LogP contribution in [0.5, 0.6) is 0 Å². The van der Waals surface area contributed by atoms with Crippen molar-refractivity contribution >= 4 is 5.97 Å². The van der Waals surface area contributed by atoms with E-state index in [1.165, 1.54) is 5.56 Å². The molecule has 1 aliphatic heterocycles. The van der Waals surface area contributed by atoms with Gasteiger partial charge >= 0.3 is 5.97 Å². The first-order valence-corrected chi connectivity index (χ1v) is 12.0. The zero-order valence-corrected chi connectivity index (χ0v) is 19.2. The van der Waals surface area contributed by atoms with Crippen molar-refractivity contribution in [3.8, 4) is 11.1 Å². The van der Waals surface area contributed by atoms with Crippen molar-refractivity contribution in [2.75, 3.05) is 26.7 Å². The topological polar surface area (TPSA) is 46.5 Å². The molecule has 0 radical (unpaired) electrons. The molecule has 0 spiro atoms. The van der Waals surface area contributed by atoms with Gasteiger partial charge in [0, 0.05) is 30.4 Å². The highest BCUT2D eigenvalue weighted by Gasteiger charge is 2.50. The van der Waals surface area contributed by atoms with Gasteiger partial charge in [0.1, 0.15) is 12.6 Å². The first kappa shape index (κ1) is 21.9. The summed E-state index contributed by atoms with van der Waals surface area (Å²) < 4.78 is 6.80. The highest BCUT2D eigenvalue weighted by Crippen LogP contribution is 2.48. The molecule has 3 aromatic carbocycles. The molecule has 1 aliphatic carbocycles. The molecule has 2 atom stereocenters. The van der Waals surface area contributed by atoms with E-state index in [1.54, 1.807) is 0 Å². The molecule has 4 nitrogen and oxygen atoms in total. The summed E-state index contributed by atoms with van der Waals surface area (Å²) in [5.74, 6) is -0.567. The average molecular weight is 443 g/mol. The van der Waals surface area contributed by atoms with Gasteiger partial charge in [0.2, 0.25) is 5.60 Å². The molecule has 170 valence electrons. The molecule has 0 aromatic heterocycles. The van der Waals surface area contributed by atoms with Gasteiger partial charge in [-0.25, -0.2) is 4.79 Å². The van der Waals surface area contributed by atoms with E-state index < -0.39 is 11.6 Å². The summed E-state index contributed by atoms with van der Waals surface area (Å²) in [6, 6.07) is 26.0. The molecule has 3 aromatic rings. The lowest BCUT2D eigenvalue weighted by atomic mass is 9.91. The van der Waals surface area contributed by atoms with Gasteiger partial charge in [0.15, 0.2) is 0 Å². The highest BCUT2D eigenvalue weighted by molar-refractivity contribution is 5.96. The number of quaternary nitrogens is 1. The summed E-state index contributed by atoms with van der Waals surface area (Å²) >= 11 is 0. The number of carbonyl (C=O) groups excluding carboxylic acids is 1. The maximum Gasteiger partial charge on any atom is 0.347 e. The van der Waals surface area contributed by atoms with E-state index in [1.807, 2.05) is 48.5 Å². The van der Waals surface area contributed by atoms with E-state index in [9.17, 15) is 9.90 Å². The lowest BCUT2D eigenvalue weighted by Gasteiger charge is -2.36. The van der Waals surface area contributed by atoms with Crippen LogP contribution in [0, 0.1) is 0 Å². The zero-order valence-electron chi connectivity index (χ0n) is 19.2. The Bertz CT molecular complexity index is 1100. The minimum atomic E-state index is -1.75. The molecule has 1 saturated heterocycles. The predicted octanol–water partition coefficient (Wildman–Crippen LogP) is 4.69. The summed E-state index contributed by atoms with van der Waals surface area (Å²) in [5, 5.41) is 11.7. The molecule has 5 rings (SSSR count). The molecule has 1 heterocycles. The Morgan fingerprint density at radius 1 is 0.970 bits per heavy atom. The second-order valence-electron chi connectivity index (χ2n) is 9.71. The van der Waals surface area contributed by atoms with Gasteiger partial charge in [-0.15, -0.1) is 0 Å². The van der Waals surface area contributed by atoms with E-state index in [4.69, 9.17) is 4.74 Å². The van der Waals surface area contributed by atoms with Gasteiger partial charge in [-0.2, -0.15) is 0 Å². The van der Waals surface area contributed by atoms with Crippen molar-refractivity contribution < 1.29 is 19.1 Å². The standard InChI is InChI=1S/C29H32NO3/c1-30(19-9-13-22-11-3-2-4-12-22)20-10-14-23(30)21-33-28(31)29(32)26-17-7-5-15-24(26)25-16-6-8-18-27(25)29/h2-8,11-12,15-18,23,32H,9-10,13-14,19-21H2,1H3/q+1/t23?,30-/m1/s1. The molecule has 0 bridgehead atoms. The highest BCUT2D eigenvalue weighted by atomic mass is 16.6. The third-order valence-corrected chi connectivity index (χ3v) is 7.69. The Balaban J connectivity index is 1.27. The maximum atomic E-state index is 13.4. The van der Waals surface area contributed by atoms with Gasteiger partial charge in [-0.1, -0.05) is 78.9 Å². The Hall–Kier alpha value is -2.95. The number of nitrogens with zero attached hydrogens (tertiary/aromatic N) is 1. The lowest BCUT2D eigenvalue weighted by Crippen LogP contribution is -2.51. The summed E-state index contributed by atoms with van der Waals surface area (Å²) in [5.41, 5.74) is 2.64. The molecule has 1 N–H and O–H groups in total. The fourth-order valence-corrected chi connectivity index (χ4v) is 5.74. The Morgan fingerprint density at radius 2 is 1.58 bits per heavy atom. The van der Waals surface area contributed by atoms with E-state index in [0.29, 0.717) is 17.7 Å². The second kappa shape index (κ2) is 8.77. The Morgan fingerprint density at radius 3 is 2.24 bits per heavy atom. The lowest BCUT2D eigenvalue weighted by molar-refractivity contribution is -0.921. The molecule has 1 fully saturated rings. The van der Waals surface area contributed by atoms with Gasteiger partial charge < -0.3 is 14.3 Å². The minimum Gasteiger partial charge on any atom is -0.457 e. The molecule has 1 unspecified atom stereocenters. The van der Waals surface area contributed by atoms with Gasteiger partial charge in [0.25, 0.3) is 0 Å². The maximum absolute atomic E-state index is 13.4. The zero-order chi connectivity index (χ0) is 22.9. The average Bonchev–Trinajstić information content (AvgIpc) is 3.34. The van der Waals surface area contributed by atoms with E-state index in [2.05, 4.69) is 37.4 Å². The summed E-state index contributed by atoms with van der Waals surface area (Å²) in [4.78, 5) is 13.4. The molecule has 33 heavy (non-hydrogen) atoms. The van der Waals surface area contributed by atoms with Gasteiger partial charge in [-0.3, -0.25) is 0 Å². The first-order valence-electron chi connectivity index (χ1n) is 12.0. The number of likely N-dealkylation sites (N-methyl/N-ethyl adjacent to an activating group) is 1. The molecular formula is C29H32NO3+. The molecule has 0 amide bonds. The van der Waals surface area contributed by atoms with Crippen LogP contribution in [0.3, 0.4) is 0 Å². The summed E-state index contributed by atoms with van der Waals surface area (Å²) in [6.07, 6.45) is 4.35.